The molecule has 32 heavy (non-hydrogen) atoms. The van der Waals surface area contributed by atoms with Crippen LogP contribution < -0.4 is 10.0 Å². The summed E-state index contributed by atoms with van der Waals surface area (Å²) in [4.78, 5) is 16.2. The van der Waals surface area contributed by atoms with Crippen LogP contribution in [0.1, 0.15) is 67.7 Å². The van der Waals surface area contributed by atoms with Crippen molar-refractivity contribution in [1.82, 2.24) is 4.98 Å². The van der Waals surface area contributed by atoms with Gasteiger partial charge < -0.3 is 15.6 Å². The van der Waals surface area contributed by atoms with Gasteiger partial charge in [0.2, 0.25) is 5.52 Å². The number of nitrogens with zero attached hydrogens (tertiary/aromatic N) is 2. The van der Waals surface area contributed by atoms with Gasteiger partial charge in [-0.25, -0.2) is 4.98 Å². The number of aromatic nitrogens is 2. The van der Waals surface area contributed by atoms with Gasteiger partial charge in [0.05, 0.1) is 6.42 Å². The van der Waals surface area contributed by atoms with Crippen molar-refractivity contribution < 1.29 is 14.6 Å². The van der Waals surface area contributed by atoms with Crippen LogP contribution in [-0.4, -0.2) is 22.6 Å². The number of rotatable bonds is 10. The van der Waals surface area contributed by atoms with E-state index in [9.17, 15) is 15.1 Å². The minimum absolute atomic E-state index is 0.0460. The highest BCUT2D eigenvalue weighted by Gasteiger charge is 2.19. The number of fused-ring (bicyclic) bond motifs is 2. The zero-order valence-corrected chi connectivity index (χ0v) is 18.4. The Balaban J connectivity index is 1.28. The average Bonchev–Trinajstić information content (AvgIpc) is 2.80. The first-order valence-electron chi connectivity index (χ1n) is 11.7. The average molecular weight is 434 g/mol. The molecule has 0 amide bonds. The van der Waals surface area contributed by atoms with E-state index in [4.69, 9.17) is 4.98 Å². The number of carboxylic acid groups (broad SMARTS) is 1. The van der Waals surface area contributed by atoms with Gasteiger partial charge in [-0.05, 0) is 55.9 Å². The van der Waals surface area contributed by atoms with E-state index in [2.05, 4.69) is 17.4 Å². The fourth-order valence-corrected chi connectivity index (χ4v) is 4.61. The summed E-state index contributed by atoms with van der Waals surface area (Å²) in [6.45, 7) is 1.00. The van der Waals surface area contributed by atoms with Crippen LogP contribution in [-0.2, 0) is 17.6 Å². The second kappa shape index (κ2) is 10.4. The summed E-state index contributed by atoms with van der Waals surface area (Å²) in [6, 6.07) is 13.7. The first kappa shape index (κ1) is 22.1. The monoisotopic (exact) mass is 433 g/mol. The quantitative estimate of drug-likeness (QED) is 0.267. The Kier molecular flexibility index (Phi) is 7.20. The first-order chi connectivity index (χ1) is 15.6. The molecule has 0 bridgehead atoms. The van der Waals surface area contributed by atoms with Crippen LogP contribution in [0.3, 0.4) is 0 Å². The Labute approximate surface area is 188 Å². The molecule has 3 heterocycles. The second-order valence-electron chi connectivity index (χ2n) is 8.75. The topological polar surface area (TPSA) is 89.2 Å². The molecular weight excluding hydrogens is 402 g/mol. The minimum atomic E-state index is -0.826. The molecule has 0 spiro atoms. The van der Waals surface area contributed by atoms with Crippen LogP contribution >= 0.6 is 0 Å². The van der Waals surface area contributed by atoms with Crippen LogP contribution in [0.25, 0.3) is 10.9 Å². The van der Waals surface area contributed by atoms with Crippen molar-refractivity contribution >= 4 is 22.7 Å². The smallest absolute Gasteiger partial charge is 0.303 e. The summed E-state index contributed by atoms with van der Waals surface area (Å²) in [6.07, 6.45) is 9.77. The highest BCUT2D eigenvalue weighted by molar-refractivity contribution is 5.76. The number of aliphatic carboxylic acids is 1. The Hall–Kier alpha value is -3.15. The minimum Gasteiger partial charge on any atom is -0.618 e. The van der Waals surface area contributed by atoms with Gasteiger partial charge in [0.1, 0.15) is 5.82 Å². The molecule has 1 aliphatic heterocycles. The summed E-state index contributed by atoms with van der Waals surface area (Å²) in [5.74, 6) is 0.0784. The number of hydrogen-bond acceptors (Lipinski definition) is 4. The number of unbranched alkanes of at least 4 members (excludes halogenated alkanes) is 3. The van der Waals surface area contributed by atoms with E-state index in [-0.39, 0.29) is 12.3 Å². The maximum Gasteiger partial charge on any atom is 0.303 e. The molecule has 0 saturated heterocycles. The molecule has 1 aliphatic rings. The molecule has 6 heteroatoms. The molecule has 1 aromatic carbocycles. The first-order valence-corrected chi connectivity index (χ1v) is 11.7. The van der Waals surface area contributed by atoms with Crippen molar-refractivity contribution in [3.05, 3.63) is 70.7 Å². The highest BCUT2D eigenvalue weighted by Crippen LogP contribution is 2.28. The molecule has 4 rings (SSSR count). The third-order valence-electron chi connectivity index (χ3n) is 6.34. The number of hydrogen-bond donors (Lipinski definition) is 2. The van der Waals surface area contributed by atoms with Gasteiger partial charge in [0.25, 0.3) is 0 Å². The number of para-hydroxylation sites is 1. The van der Waals surface area contributed by atoms with E-state index in [1.807, 2.05) is 24.3 Å². The Bertz CT molecular complexity index is 1080. The highest BCUT2D eigenvalue weighted by atomic mass is 16.5. The normalized spacial score (nSPS) is 14.0. The molecule has 1 atom stereocenters. The Morgan fingerprint density at radius 3 is 2.88 bits per heavy atom. The molecule has 6 nitrogen and oxygen atoms in total. The Morgan fingerprint density at radius 2 is 2.00 bits per heavy atom. The van der Waals surface area contributed by atoms with Crippen molar-refractivity contribution in [3.63, 3.8) is 0 Å². The molecule has 0 aliphatic carbocycles. The van der Waals surface area contributed by atoms with E-state index in [1.54, 1.807) is 12.3 Å². The number of aryl methyl sites for hydroxylation is 2. The summed E-state index contributed by atoms with van der Waals surface area (Å²) >= 11 is 0. The number of carboxylic acids is 1. The number of carbonyl (C=O) groups is 1. The summed E-state index contributed by atoms with van der Waals surface area (Å²) in [5, 5.41) is 26.0. The summed E-state index contributed by atoms with van der Waals surface area (Å²) < 4.78 is 0.861. The van der Waals surface area contributed by atoms with Gasteiger partial charge in [-0.2, -0.15) is 4.73 Å². The maximum absolute atomic E-state index is 12.4. The lowest BCUT2D eigenvalue weighted by Gasteiger charge is -2.17. The summed E-state index contributed by atoms with van der Waals surface area (Å²) in [5.41, 5.74) is 3.87. The summed E-state index contributed by atoms with van der Waals surface area (Å²) in [7, 11) is 0. The fourth-order valence-electron chi connectivity index (χ4n) is 4.61. The largest absolute Gasteiger partial charge is 0.618 e. The molecule has 1 unspecified atom stereocenters. The SMILES string of the molecule is O=C(O)CC(CCCCCCc1ccc2c(n1)NCCC2)c1cc2ccccc2[n+]([O-])c1. The molecule has 2 aromatic heterocycles. The van der Waals surface area contributed by atoms with E-state index >= 15 is 0 Å². The van der Waals surface area contributed by atoms with Gasteiger partial charge >= 0.3 is 5.97 Å². The molecule has 168 valence electrons. The number of benzene rings is 1. The van der Waals surface area contributed by atoms with Crippen molar-refractivity contribution in [3.8, 4) is 0 Å². The van der Waals surface area contributed by atoms with Crippen molar-refractivity contribution in [2.24, 2.45) is 0 Å². The molecule has 2 N–H and O–H groups in total. The second-order valence-corrected chi connectivity index (χ2v) is 8.75. The van der Waals surface area contributed by atoms with Gasteiger partial charge in [-0.3, -0.25) is 4.79 Å². The van der Waals surface area contributed by atoms with Crippen molar-refractivity contribution in [2.45, 2.75) is 63.7 Å². The third kappa shape index (κ3) is 5.55. The molecule has 0 fully saturated rings. The van der Waals surface area contributed by atoms with Crippen molar-refractivity contribution in [2.75, 3.05) is 11.9 Å². The van der Waals surface area contributed by atoms with Crippen LogP contribution in [0, 0.1) is 5.21 Å². The van der Waals surface area contributed by atoms with E-state index < -0.39 is 5.97 Å². The lowest BCUT2D eigenvalue weighted by Crippen LogP contribution is -2.28. The zero-order chi connectivity index (χ0) is 22.3. The predicted octanol–water partition coefficient (Wildman–Crippen LogP) is 4.98. The van der Waals surface area contributed by atoms with Crippen LogP contribution in [0.4, 0.5) is 5.82 Å². The number of nitrogens with one attached hydrogen (secondary N) is 1. The van der Waals surface area contributed by atoms with Gasteiger partial charge in [0.15, 0.2) is 6.20 Å². The van der Waals surface area contributed by atoms with E-state index in [0.717, 1.165) is 78.7 Å². The lowest BCUT2D eigenvalue weighted by molar-refractivity contribution is -0.577. The van der Waals surface area contributed by atoms with Crippen LogP contribution in [0.5, 0.6) is 0 Å². The third-order valence-corrected chi connectivity index (χ3v) is 6.34. The van der Waals surface area contributed by atoms with E-state index in [1.165, 1.54) is 12.0 Å². The molecular formula is C26H31N3O3. The Morgan fingerprint density at radius 1 is 1.16 bits per heavy atom. The van der Waals surface area contributed by atoms with Crippen LogP contribution in [0.2, 0.25) is 0 Å². The maximum atomic E-state index is 12.4. The number of pyridine rings is 2. The van der Waals surface area contributed by atoms with Gasteiger partial charge in [0, 0.05) is 35.2 Å². The standard InChI is InChI=1S/C26H31N3O3/c30-25(31)17-20(22-16-21-9-5-6-12-24(21)29(32)18-22)8-3-1-2-4-11-23-14-13-19-10-7-15-27-26(19)28-23/h5-6,9,12-14,16,18,20H,1-4,7-8,10-11,15,17H2,(H,27,28)(H,30,31). The molecule has 0 saturated carbocycles. The molecule has 3 aromatic rings. The zero-order valence-electron chi connectivity index (χ0n) is 18.4. The van der Waals surface area contributed by atoms with Gasteiger partial charge in [-0.15, -0.1) is 0 Å². The lowest BCUT2D eigenvalue weighted by atomic mass is 9.90. The predicted molar refractivity (Wildman–Crippen MR) is 126 cm³/mol. The van der Waals surface area contributed by atoms with E-state index in [0.29, 0.717) is 5.52 Å². The molecule has 0 radical (unpaired) electrons. The van der Waals surface area contributed by atoms with Gasteiger partial charge in [-0.1, -0.05) is 37.5 Å². The van der Waals surface area contributed by atoms with Crippen molar-refractivity contribution in [1.29, 1.82) is 0 Å². The van der Waals surface area contributed by atoms with Crippen LogP contribution in [0.15, 0.2) is 48.7 Å². The fraction of sp³-hybridized carbons (Fsp3) is 0.423. The number of anilines is 1.